The molecule has 0 aromatic carbocycles. The molecule has 1 saturated heterocycles. The average molecular weight is 195 g/mol. The minimum atomic E-state index is -2.32. The molecule has 0 aromatic heterocycles. The topological polar surface area (TPSA) is 73.2 Å². The quantitative estimate of drug-likeness (QED) is 0.502. The van der Waals surface area contributed by atoms with Gasteiger partial charge in [-0.3, -0.25) is 10.0 Å². The van der Waals surface area contributed by atoms with Gasteiger partial charge < -0.3 is 10.2 Å². The van der Waals surface area contributed by atoms with E-state index in [0.717, 1.165) is 0 Å². The summed E-state index contributed by atoms with van der Waals surface area (Å²) in [5.41, 5.74) is -0.794. The Hall–Kier alpha value is 0.150. The van der Waals surface area contributed by atoms with Crippen LogP contribution < -0.4 is 0 Å². The fourth-order valence-electron chi connectivity index (χ4n) is 1.35. The lowest BCUT2D eigenvalue weighted by molar-refractivity contribution is -0.459. The normalized spacial score (nSPS) is 34.0. The summed E-state index contributed by atoms with van der Waals surface area (Å²) in [6, 6.07) is 0. The van der Waals surface area contributed by atoms with Crippen molar-refractivity contribution < 1.29 is 20.3 Å². The molecule has 0 amide bonds. The van der Waals surface area contributed by atoms with Gasteiger partial charge in [-0.2, -0.15) is 11.8 Å². The highest BCUT2D eigenvalue weighted by Crippen LogP contribution is 2.40. The van der Waals surface area contributed by atoms with Crippen molar-refractivity contribution in [3.63, 3.8) is 0 Å². The second kappa shape index (κ2) is 2.83. The Morgan fingerprint density at radius 3 is 2.08 bits per heavy atom. The van der Waals surface area contributed by atoms with E-state index in [9.17, 15) is 10.2 Å². The van der Waals surface area contributed by atoms with Crippen LogP contribution in [0.2, 0.25) is 0 Å². The van der Waals surface area contributed by atoms with Gasteiger partial charge in [-0.25, -0.2) is 0 Å². The van der Waals surface area contributed by atoms with Gasteiger partial charge >= 0.3 is 0 Å². The van der Waals surface area contributed by atoms with Crippen molar-refractivity contribution in [3.05, 3.63) is 0 Å². The number of hydroxylamine groups is 2. The first kappa shape index (κ1) is 10.2. The highest BCUT2D eigenvalue weighted by atomic mass is 32.2. The van der Waals surface area contributed by atoms with Gasteiger partial charge in [-0.1, -0.05) is 0 Å². The second-order valence-electron chi connectivity index (χ2n) is 3.27. The summed E-state index contributed by atoms with van der Waals surface area (Å²) in [6.07, 6.45) is 1.72. The Morgan fingerprint density at radius 1 is 1.42 bits per heavy atom. The number of hydrogen-bond acceptors (Lipinski definition) is 6. The molecule has 72 valence electrons. The molecular weight excluding hydrogens is 182 g/mol. The summed E-state index contributed by atoms with van der Waals surface area (Å²) >= 11 is 1.22. The zero-order chi connectivity index (χ0) is 9.57. The number of rotatable bonds is 1. The molecule has 0 spiro atoms. The van der Waals surface area contributed by atoms with Crippen molar-refractivity contribution in [2.24, 2.45) is 0 Å². The molecular formula is C6H13NO4S. The van der Waals surface area contributed by atoms with E-state index in [0.29, 0.717) is 0 Å². The standard InChI is InChI=1S/C6H13NO4S/c1-5(2)4(12-3)6(8,9)7(10)11-5/h4,8-10H,1-3H3. The molecule has 5 nitrogen and oxygen atoms in total. The van der Waals surface area contributed by atoms with Gasteiger partial charge in [-0.15, -0.1) is 0 Å². The molecule has 0 saturated carbocycles. The monoisotopic (exact) mass is 195 g/mol. The molecule has 0 aromatic rings. The predicted octanol–water partition coefficient (Wildman–Crippen LogP) is -0.229. The van der Waals surface area contributed by atoms with Gasteiger partial charge in [0.2, 0.25) is 0 Å². The van der Waals surface area contributed by atoms with Crippen LogP contribution in [0.4, 0.5) is 0 Å². The van der Waals surface area contributed by atoms with Crippen LogP contribution in [-0.4, -0.2) is 43.7 Å². The van der Waals surface area contributed by atoms with Crippen LogP contribution in [0.15, 0.2) is 0 Å². The first-order valence-corrected chi connectivity index (χ1v) is 4.77. The molecule has 3 N–H and O–H groups in total. The van der Waals surface area contributed by atoms with Crippen LogP contribution in [0.5, 0.6) is 0 Å². The second-order valence-corrected chi connectivity index (χ2v) is 4.21. The first-order valence-electron chi connectivity index (χ1n) is 3.48. The molecule has 0 radical (unpaired) electrons. The predicted molar refractivity (Wildman–Crippen MR) is 43.3 cm³/mol. The summed E-state index contributed by atoms with van der Waals surface area (Å²) in [4.78, 5) is 4.84. The van der Waals surface area contributed by atoms with Gasteiger partial charge in [0.05, 0.1) is 0 Å². The molecule has 0 aliphatic carbocycles. The number of hydrogen-bond donors (Lipinski definition) is 3. The van der Waals surface area contributed by atoms with Crippen LogP contribution >= 0.6 is 11.8 Å². The van der Waals surface area contributed by atoms with E-state index in [1.165, 1.54) is 11.8 Å². The van der Waals surface area contributed by atoms with Crippen molar-refractivity contribution in [1.29, 1.82) is 0 Å². The highest BCUT2D eigenvalue weighted by Gasteiger charge is 2.58. The summed E-state index contributed by atoms with van der Waals surface area (Å²) in [6.45, 7) is 3.34. The number of aliphatic hydroxyl groups is 2. The van der Waals surface area contributed by atoms with Crippen LogP contribution in [0.25, 0.3) is 0 Å². The maximum Gasteiger partial charge on any atom is 0.287 e. The molecule has 1 aliphatic heterocycles. The zero-order valence-electron chi connectivity index (χ0n) is 7.18. The Bertz CT molecular complexity index is 184. The van der Waals surface area contributed by atoms with Crippen molar-refractivity contribution in [1.82, 2.24) is 5.23 Å². The third-order valence-electron chi connectivity index (χ3n) is 1.82. The van der Waals surface area contributed by atoms with Crippen molar-refractivity contribution in [2.75, 3.05) is 6.26 Å². The summed E-state index contributed by atoms with van der Waals surface area (Å²) < 4.78 is 0. The SMILES string of the molecule is CSC1C(C)(C)ON(O)C1(O)O. The fraction of sp³-hybridized carbons (Fsp3) is 1.00. The number of nitrogens with zero attached hydrogens (tertiary/aromatic N) is 1. The zero-order valence-corrected chi connectivity index (χ0v) is 8.00. The summed E-state index contributed by atoms with van der Waals surface area (Å²) in [7, 11) is 0. The number of thioether (sulfide) groups is 1. The Kier molecular flexibility index (Phi) is 2.41. The Morgan fingerprint density at radius 2 is 1.92 bits per heavy atom. The van der Waals surface area contributed by atoms with Crippen molar-refractivity contribution in [2.45, 2.75) is 30.6 Å². The van der Waals surface area contributed by atoms with Crippen molar-refractivity contribution >= 4 is 11.8 Å². The van der Waals surface area contributed by atoms with Crippen molar-refractivity contribution in [3.8, 4) is 0 Å². The van der Waals surface area contributed by atoms with Crippen LogP contribution in [0.1, 0.15) is 13.8 Å². The Labute approximate surface area is 74.8 Å². The first-order chi connectivity index (χ1) is 5.32. The summed E-state index contributed by atoms with van der Waals surface area (Å²) in [5.74, 6) is -2.32. The minimum Gasteiger partial charge on any atom is -0.349 e. The van der Waals surface area contributed by atoms with Crippen LogP contribution in [0, 0.1) is 0 Å². The van der Waals surface area contributed by atoms with Gasteiger partial charge in [0, 0.05) is 0 Å². The maximum absolute atomic E-state index is 9.34. The van der Waals surface area contributed by atoms with Gasteiger partial charge in [-0.05, 0) is 25.3 Å². The molecule has 1 aliphatic rings. The molecule has 12 heavy (non-hydrogen) atoms. The van der Waals surface area contributed by atoms with E-state index in [2.05, 4.69) is 0 Å². The van der Waals surface area contributed by atoms with E-state index in [-0.39, 0.29) is 5.23 Å². The lowest BCUT2D eigenvalue weighted by Gasteiger charge is -2.26. The molecule has 1 rings (SSSR count). The average Bonchev–Trinajstić information content (AvgIpc) is 1.99. The smallest absolute Gasteiger partial charge is 0.287 e. The molecule has 1 heterocycles. The van der Waals surface area contributed by atoms with E-state index in [1.54, 1.807) is 20.1 Å². The third-order valence-corrected chi connectivity index (χ3v) is 3.18. The van der Waals surface area contributed by atoms with E-state index >= 15 is 0 Å². The van der Waals surface area contributed by atoms with Gasteiger partial charge in [0.1, 0.15) is 10.9 Å². The fourth-order valence-corrected chi connectivity index (χ4v) is 2.36. The highest BCUT2D eigenvalue weighted by molar-refractivity contribution is 7.99. The van der Waals surface area contributed by atoms with Crippen LogP contribution in [-0.2, 0) is 4.84 Å². The molecule has 1 unspecified atom stereocenters. The van der Waals surface area contributed by atoms with Crippen LogP contribution in [0.3, 0.4) is 0 Å². The summed E-state index contributed by atoms with van der Waals surface area (Å²) in [5, 5.41) is 27.2. The molecule has 0 bridgehead atoms. The van der Waals surface area contributed by atoms with Gasteiger partial charge in [0.25, 0.3) is 5.91 Å². The molecule has 1 fully saturated rings. The Balaban J connectivity index is 2.92. The molecule has 1 atom stereocenters. The molecule has 6 heteroatoms. The van der Waals surface area contributed by atoms with E-state index < -0.39 is 16.8 Å². The third kappa shape index (κ3) is 1.34. The van der Waals surface area contributed by atoms with E-state index in [4.69, 9.17) is 10.0 Å². The lowest BCUT2D eigenvalue weighted by atomic mass is 10.0. The van der Waals surface area contributed by atoms with Gasteiger partial charge in [0.15, 0.2) is 0 Å². The maximum atomic E-state index is 9.34. The minimum absolute atomic E-state index is 0.0914. The van der Waals surface area contributed by atoms with E-state index in [1.807, 2.05) is 0 Å². The lowest BCUT2D eigenvalue weighted by Crippen LogP contribution is -2.49. The largest absolute Gasteiger partial charge is 0.349 e.